The molecule has 0 bridgehead atoms. The van der Waals surface area contributed by atoms with E-state index in [-0.39, 0.29) is 10.9 Å². The number of fused-ring (bicyclic) bond motifs is 1. The molecule has 1 saturated heterocycles. The maximum Gasteiger partial charge on any atom is 0.418 e. The number of halogens is 3. The standard InChI is InChI=1S/C28H29F3N6O/c1-18-10-27(11-18,24-33-32-17-34(24)2)20-4-3-5-21(9-20)36-14-23-22(28(29,30)31)8-19(13-37(23)25(36)38)12-35-15-26(16-35)6-7-26/h3-5,8-9,13-14,17-18H,6-7,10-12,15-16H2,1-2H3/t18-,27+. The van der Waals surface area contributed by atoms with Gasteiger partial charge in [-0.3, -0.25) is 13.9 Å². The van der Waals surface area contributed by atoms with Gasteiger partial charge >= 0.3 is 11.9 Å². The third-order valence-corrected chi connectivity index (χ3v) is 8.82. The summed E-state index contributed by atoms with van der Waals surface area (Å²) in [6.45, 7) is 4.43. The Labute approximate surface area is 217 Å². The number of nitrogens with zero attached hydrogens (tertiary/aromatic N) is 6. The maximum absolute atomic E-state index is 14.2. The summed E-state index contributed by atoms with van der Waals surface area (Å²) in [5, 5.41) is 8.45. The number of aryl methyl sites for hydroxylation is 1. The number of pyridine rings is 1. The minimum absolute atomic E-state index is 0.140. The molecule has 0 unspecified atom stereocenters. The number of hydrogen-bond acceptors (Lipinski definition) is 4. The quantitative estimate of drug-likeness (QED) is 0.386. The lowest BCUT2D eigenvalue weighted by Gasteiger charge is -2.46. The van der Waals surface area contributed by atoms with Crippen LogP contribution in [0.25, 0.3) is 11.2 Å². The molecular weight excluding hydrogens is 493 g/mol. The fraction of sp³-hybridized carbons (Fsp3) is 0.464. The highest BCUT2D eigenvalue weighted by atomic mass is 19.4. The first-order valence-corrected chi connectivity index (χ1v) is 13.1. The summed E-state index contributed by atoms with van der Waals surface area (Å²) in [4.78, 5) is 15.7. The predicted molar refractivity (Wildman–Crippen MR) is 135 cm³/mol. The van der Waals surface area contributed by atoms with Gasteiger partial charge in [0.25, 0.3) is 0 Å². The zero-order chi connectivity index (χ0) is 26.4. The van der Waals surface area contributed by atoms with E-state index in [0.717, 1.165) is 41.7 Å². The monoisotopic (exact) mass is 522 g/mol. The topological polar surface area (TPSA) is 60.4 Å². The second kappa shape index (κ2) is 7.81. The van der Waals surface area contributed by atoms with Gasteiger partial charge in [-0.2, -0.15) is 13.2 Å². The summed E-state index contributed by atoms with van der Waals surface area (Å²) >= 11 is 0. The molecule has 0 radical (unpaired) electrons. The molecule has 3 aromatic heterocycles. The normalized spacial score (nSPS) is 24.5. The molecule has 7 nitrogen and oxygen atoms in total. The molecule has 0 atom stereocenters. The summed E-state index contributed by atoms with van der Waals surface area (Å²) in [5.74, 6) is 1.36. The highest BCUT2D eigenvalue weighted by Gasteiger charge is 2.52. The average molecular weight is 523 g/mol. The average Bonchev–Trinajstić information content (AvgIpc) is 3.40. The van der Waals surface area contributed by atoms with E-state index in [0.29, 0.717) is 29.1 Å². The fourth-order valence-corrected chi connectivity index (χ4v) is 6.86. The SMILES string of the molecule is Cn1cnnc1[C@]1(c2cccc(-n3cc4c(C(F)(F)F)cc(CN5CC6(CC6)C5)cn4c3=O)c2)C[C@H](C)C1. The van der Waals surface area contributed by atoms with E-state index >= 15 is 0 Å². The number of benzene rings is 1. The third kappa shape index (κ3) is 3.56. The van der Waals surface area contributed by atoms with Crippen LogP contribution in [0.2, 0.25) is 0 Å². The lowest BCUT2D eigenvalue weighted by atomic mass is 9.58. The summed E-state index contributed by atoms with van der Waals surface area (Å²) in [6, 6.07) is 8.73. The van der Waals surface area contributed by atoms with Gasteiger partial charge in [-0.1, -0.05) is 19.1 Å². The molecule has 1 aliphatic heterocycles. The minimum atomic E-state index is -4.58. The maximum atomic E-state index is 14.2. The second-order valence-electron chi connectivity index (χ2n) is 11.9. The Morgan fingerprint density at radius 1 is 1.11 bits per heavy atom. The van der Waals surface area contributed by atoms with E-state index < -0.39 is 17.4 Å². The largest absolute Gasteiger partial charge is 0.418 e. The smallest absolute Gasteiger partial charge is 0.320 e. The lowest BCUT2D eigenvalue weighted by Crippen LogP contribution is -2.47. The summed E-state index contributed by atoms with van der Waals surface area (Å²) in [7, 11) is 1.91. The van der Waals surface area contributed by atoms with E-state index in [2.05, 4.69) is 22.0 Å². The Morgan fingerprint density at radius 2 is 1.87 bits per heavy atom. The molecule has 38 heavy (non-hydrogen) atoms. The van der Waals surface area contributed by atoms with Crippen LogP contribution in [-0.2, 0) is 25.2 Å². The van der Waals surface area contributed by atoms with E-state index in [9.17, 15) is 18.0 Å². The third-order valence-electron chi connectivity index (χ3n) is 8.82. The van der Waals surface area contributed by atoms with Crippen molar-refractivity contribution < 1.29 is 13.2 Å². The molecule has 3 aliphatic rings. The molecule has 0 N–H and O–H groups in total. The highest BCUT2D eigenvalue weighted by molar-refractivity contribution is 5.58. The van der Waals surface area contributed by atoms with Gasteiger partial charge in [-0.15, -0.1) is 10.2 Å². The van der Waals surface area contributed by atoms with E-state index in [1.54, 1.807) is 18.6 Å². The van der Waals surface area contributed by atoms with Crippen LogP contribution in [0.15, 0.2) is 53.8 Å². The first-order valence-electron chi connectivity index (χ1n) is 13.1. The van der Waals surface area contributed by atoms with Crippen LogP contribution >= 0.6 is 0 Å². The molecular formula is C28H29F3N6O. The number of hydrogen-bond donors (Lipinski definition) is 0. The van der Waals surface area contributed by atoms with Crippen LogP contribution in [0.4, 0.5) is 13.2 Å². The molecule has 1 aromatic carbocycles. The molecule has 4 aromatic rings. The second-order valence-corrected chi connectivity index (χ2v) is 11.9. The summed E-state index contributed by atoms with van der Waals surface area (Å²) in [5.41, 5.74) is 0.638. The van der Waals surface area contributed by atoms with Gasteiger partial charge in [0.2, 0.25) is 0 Å². The van der Waals surface area contributed by atoms with Gasteiger partial charge in [0, 0.05) is 39.1 Å². The van der Waals surface area contributed by atoms with Crippen LogP contribution in [-0.4, -0.2) is 41.7 Å². The number of likely N-dealkylation sites (tertiary alicyclic amines) is 1. The van der Waals surface area contributed by atoms with E-state index in [4.69, 9.17) is 0 Å². The predicted octanol–water partition coefficient (Wildman–Crippen LogP) is 4.55. The van der Waals surface area contributed by atoms with Gasteiger partial charge in [0.15, 0.2) is 0 Å². The zero-order valence-electron chi connectivity index (χ0n) is 21.4. The molecule has 0 amide bonds. The first-order chi connectivity index (χ1) is 18.1. The van der Waals surface area contributed by atoms with Gasteiger partial charge in [0.05, 0.1) is 22.2 Å². The van der Waals surface area contributed by atoms with Crippen molar-refractivity contribution in [2.24, 2.45) is 18.4 Å². The van der Waals surface area contributed by atoms with Crippen LogP contribution in [0.3, 0.4) is 0 Å². The number of imidazole rings is 1. The fourth-order valence-electron chi connectivity index (χ4n) is 6.86. The highest BCUT2D eigenvalue weighted by Crippen LogP contribution is 2.53. The Hall–Kier alpha value is -3.40. The molecule has 198 valence electrons. The van der Waals surface area contributed by atoms with Crippen molar-refractivity contribution in [3.63, 3.8) is 0 Å². The zero-order valence-corrected chi connectivity index (χ0v) is 21.4. The van der Waals surface area contributed by atoms with E-state index in [1.807, 2.05) is 29.8 Å². The van der Waals surface area contributed by atoms with Crippen molar-refractivity contribution in [3.8, 4) is 5.69 Å². The molecule has 7 rings (SSSR count). The van der Waals surface area contributed by atoms with Crippen LogP contribution < -0.4 is 5.69 Å². The van der Waals surface area contributed by atoms with Crippen molar-refractivity contribution >= 4 is 5.52 Å². The Kier molecular flexibility index (Phi) is 4.87. The molecule has 3 fully saturated rings. The molecule has 1 spiro atoms. The Bertz CT molecular complexity index is 1610. The molecule has 2 saturated carbocycles. The van der Waals surface area contributed by atoms with Crippen molar-refractivity contribution in [1.29, 1.82) is 0 Å². The Morgan fingerprint density at radius 3 is 2.50 bits per heavy atom. The Balaban J connectivity index is 1.31. The molecule has 10 heteroatoms. The lowest BCUT2D eigenvalue weighted by molar-refractivity contribution is -0.136. The van der Waals surface area contributed by atoms with Crippen molar-refractivity contribution in [1.82, 2.24) is 28.6 Å². The van der Waals surface area contributed by atoms with Gasteiger partial charge in [0.1, 0.15) is 12.2 Å². The van der Waals surface area contributed by atoms with Crippen LogP contribution in [0, 0.1) is 11.3 Å². The van der Waals surface area contributed by atoms with E-state index in [1.165, 1.54) is 29.7 Å². The first kappa shape index (κ1) is 23.7. The van der Waals surface area contributed by atoms with Gasteiger partial charge in [-0.05, 0) is 66.3 Å². The van der Waals surface area contributed by atoms with Gasteiger partial charge < -0.3 is 4.57 Å². The molecule has 2 aliphatic carbocycles. The van der Waals surface area contributed by atoms with Crippen molar-refractivity contribution in [3.05, 3.63) is 82.1 Å². The van der Waals surface area contributed by atoms with Gasteiger partial charge in [-0.25, -0.2) is 4.79 Å². The number of alkyl halides is 3. The summed E-state index contributed by atoms with van der Waals surface area (Å²) in [6.07, 6.45) is 4.16. The summed E-state index contributed by atoms with van der Waals surface area (Å²) < 4.78 is 46.9. The molecule has 4 heterocycles. The minimum Gasteiger partial charge on any atom is -0.320 e. The van der Waals surface area contributed by atoms with Crippen LogP contribution in [0.1, 0.15) is 55.1 Å². The van der Waals surface area contributed by atoms with Crippen molar-refractivity contribution in [2.45, 2.75) is 50.7 Å². The number of aromatic nitrogens is 5. The van der Waals surface area contributed by atoms with Crippen LogP contribution in [0.5, 0.6) is 0 Å². The van der Waals surface area contributed by atoms with Crippen molar-refractivity contribution in [2.75, 3.05) is 13.1 Å². The number of rotatable bonds is 5.